The number of carbonyl (C=O) groups is 2. The van der Waals surface area contributed by atoms with Crippen LogP contribution in [0.5, 0.6) is 0 Å². The number of carbonyl (C=O) groups excluding carboxylic acids is 2. The molecule has 1 amide bonds. The maximum Gasteiger partial charge on any atom is 0.410 e. The maximum atomic E-state index is 12.4. The maximum absolute atomic E-state index is 12.4. The number of ether oxygens (including phenoxy) is 2. The van der Waals surface area contributed by atoms with Crippen LogP contribution in [0.2, 0.25) is 0 Å². The number of amides is 1. The van der Waals surface area contributed by atoms with Crippen LogP contribution in [0.25, 0.3) is 0 Å². The Morgan fingerprint density at radius 2 is 1.96 bits per heavy atom. The molecule has 26 heavy (non-hydrogen) atoms. The third-order valence-electron chi connectivity index (χ3n) is 4.97. The van der Waals surface area contributed by atoms with E-state index in [4.69, 9.17) is 15.2 Å². The fourth-order valence-corrected chi connectivity index (χ4v) is 3.77. The average molecular weight is 361 g/mol. The van der Waals surface area contributed by atoms with Crippen molar-refractivity contribution in [2.24, 2.45) is 5.92 Å². The average Bonchev–Trinajstić information content (AvgIpc) is 3.13. The molecule has 0 aromatic heterocycles. The number of benzene rings is 1. The van der Waals surface area contributed by atoms with Gasteiger partial charge in [0.2, 0.25) is 0 Å². The molecule has 0 spiro atoms. The van der Waals surface area contributed by atoms with E-state index < -0.39 is 11.6 Å². The van der Waals surface area contributed by atoms with Crippen LogP contribution in [0.3, 0.4) is 0 Å². The number of hydrogen-bond acceptors (Lipinski definition) is 6. The van der Waals surface area contributed by atoms with Crippen LogP contribution >= 0.6 is 0 Å². The number of methoxy groups -OCH3 is 1. The van der Waals surface area contributed by atoms with Crippen molar-refractivity contribution in [1.82, 2.24) is 4.90 Å². The predicted molar refractivity (Wildman–Crippen MR) is 99.2 cm³/mol. The number of likely N-dealkylation sites (tertiary alicyclic amines) is 1. The Labute approximate surface area is 154 Å². The Morgan fingerprint density at radius 1 is 1.23 bits per heavy atom. The molecule has 2 heterocycles. The Bertz CT molecular complexity index is 713. The van der Waals surface area contributed by atoms with Crippen molar-refractivity contribution in [3.8, 4) is 0 Å². The molecule has 0 radical (unpaired) electrons. The molecule has 3 rings (SSSR count). The number of rotatable bonds is 2. The van der Waals surface area contributed by atoms with E-state index in [1.807, 2.05) is 26.8 Å². The van der Waals surface area contributed by atoms with Gasteiger partial charge in [-0.1, -0.05) is 0 Å². The van der Waals surface area contributed by atoms with Gasteiger partial charge in [-0.25, -0.2) is 9.59 Å². The largest absolute Gasteiger partial charge is 0.465 e. The first-order valence-electron chi connectivity index (χ1n) is 8.92. The fraction of sp³-hybridized carbons (Fsp3) is 0.579. The lowest BCUT2D eigenvalue weighted by Gasteiger charge is -2.28. The van der Waals surface area contributed by atoms with Crippen molar-refractivity contribution in [3.63, 3.8) is 0 Å². The zero-order valence-electron chi connectivity index (χ0n) is 15.8. The molecule has 1 aromatic rings. The first kappa shape index (κ1) is 18.4. The van der Waals surface area contributed by atoms with Gasteiger partial charge in [0, 0.05) is 36.9 Å². The molecule has 2 saturated heterocycles. The lowest BCUT2D eigenvalue weighted by atomic mass is 10.0. The third-order valence-corrected chi connectivity index (χ3v) is 4.97. The molecule has 1 aromatic carbocycles. The second kappa shape index (κ2) is 6.70. The topological polar surface area (TPSA) is 85.1 Å². The number of nitrogens with two attached hydrogens (primary N) is 1. The molecule has 2 atom stereocenters. The van der Waals surface area contributed by atoms with E-state index >= 15 is 0 Å². The number of hydrogen-bond donors (Lipinski definition) is 1. The molecular weight excluding hydrogens is 334 g/mol. The highest BCUT2D eigenvalue weighted by atomic mass is 16.6. The van der Waals surface area contributed by atoms with Crippen molar-refractivity contribution < 1.29 is 19.1 Å². The Hall–Kier alpha value is -2.44. The summed E-state index contributed by atoms with van der Waals surface area (Å²) in [5.41, 5.74) is 7.10. The van der Waals surface area contributed by atoms with Crippen LogP contribution in [0.1, 0.15) is 37.6 Å². The van der Waals surface area contributed by atoms with Crippen molar-refractivity contribution >= 4 is 23.4 Å². The lowest BCUT2D eigenvalue weighted by Crippen LogP contribution is -2.39. The van der Waals surface area contributed by atoms with Crippen LogP contribution in [0.15, 0.2) is 18.2 Å². The summed E-state index contributed by atoms with van der Waals surface area (Å²) in [5.74, 6) is -0.0384. The highest BCUT2D eigenvalue weighted by Gasteiger charge is 2.44. The number of anilines is 2. The molecule has 7 heteroatoms. The van der Waals surface area contributed by atoms with E-state index in [9.17, 15) is 9.59 Å². The third kappa shape index (κ3) is 3.57. The second-order valence-corrected chi connectivity index (χ2v) is 7.96. The summed E-state index contributed by atoms with van der Waals surface area (Å²) in [6.45, 7) is 7.83. The number of nitrogens with zero attached hydrogens (tertiary/aromatic N) is 2. The van der Waals surface area contributed by atoms with Crippen LogP contribution in [0.4, 0.5) is 16.2 Å². The molecule has 2 aliphatic heterocycles. The van der Waals surface area contributed by atoms with Gasteiger partial charge in [-0.2, -0.15) is 0 Å². The van der Waals surface area contributed by atoms with E-state index in [-0.39, 0.29) is 12.1 Å². The van der Waals surface area contributed by atoms with E-state index in [0.717, 1.165) is 18.7 Å². The normalized spacial score (nSPS) is 22.3. The highest BCUT2D eigenvalue weighted by molar-refractivity contribution is 5.96. The summed E-state index contributed by atoms with van der Waals surface area (Å²) in [4.78, 5) is 28.3. The fourth-order valence-electron chi connectivity index (χ4n) is 3.77. The van der Waals surface area contributed by atoms with Gasteiger partial charge in [-0.15, -0.1) is 0 Å². The smallest absolute Gasteiger partial charge is 0.410 e. The van der Waals surface area contributed by atoms with E-state index in [1.54, 1.807) is 17.0 Å². The van der Waals surface area contributed by atoms with E-state index in [2.05, 4.69) is 4.90 Å². The summed E-state index contributed by atoms with van der Waals surface area (Å²) in [5, 5.41) is 0. The van der Waals surface area contributed by atoms with E-state index in [0.29, 0.717) is 30.3 Å². The summed E-state index contributed by atoms with van der Waals surface area (Å²) in [6.07, 6.45) is 0.737. The number of esters is 1. The molecule has 2 aliphatic rings. The van der Waals surface area contributed by atoms with Crippen molar-refractivity contribution in [2.75, 3.05) is 37.4 Å². The number of fused-ring (bicyclic) bond motifs is 1. The first-order chi connectivity index (χ1) is 12.2. The molecule has 7 nitrogen and oxygen atoms in total. The minimum atomic E-state index is -0.499. The van der Waals surface area contributed by atoms with Gasteiger partial charge >= 0.3 is 12.1 Å². The molecule has 0 bridgehead atoms. The van der Waals surface area contributed by atoms with Crippen LogP contribution in [0, 0.1) is 5.92 Å². The highest BCUT2D eigenvalue weighted by Crippen LogP contribution is 2.36. The Kier molecular flexibility index (Phi) is 4.73. The van der Waals surface area contributed by atoms with Gasteiger partial charge in [-0.05, 0) is 45.4 Å². The summed E-state index contributed by atoms with van der Waals surface area (Å²) >= 11 is 0. The second-order valence-electron chi connectivity index (χ2n) is 7.96. The van der Waals surface area contributed by atoms with Gasteiger partial charge in [0.25, 0.3) is 0 Å². The zero-order valence-corrected chi connectivity index (χ0v) is 15.8. The molecule has 2 fully saturated rings. The summed E-state index contributed by atoms with van der Waals surface area (Å²) in [7, 11) is 1.34. The van der Waals surface area contributed by atoms with Crippen LogP contribution in [-0.4, -0.2) is 55.3 Å². The molecule has 2 unspecified atom stereocenters. The van der Waals surface area contributed by atoms with Gasteiger partial charge in [-0.3, -0.25) is 0 Å². The quantitative estimate of drug-likeness (QED) is 0.643. The van der Waals surface area contributed by atoms with Gasteiger partial charge in [0.15, 0.2) is 0 Å². The van der Waals surface area contributed by atoms with E-state index in [1.165, 1.54) is 7.11 Å². The van der Waals surface area contributed by atoms with Gasteiger partial charge in [0.05, 0.1) is 18.7 Å². The predicted octanol–water partition coefficient (Wildman–Crippen LogP) is 2.50. The monoisotopic (exact) mass is 361 g/mol. The summed E-state index contributed by atoms with van der Waals surface area (Å²) < 4.78 is 10.3. The van der Waals surface area contributed by atoms with Gasteiger partial charge in [0.1, 0.15) is 5.60 Å². The molecule has 0 saturated carbocycles. The first-order valence-corrected chi connectivity index (χ1v) is 8.92. The van der Waals surface area contributed by atoms with Crippen molar-refractivity contribution in [2.45, 2.75) is 38.8 Å². The standard InChI is InChI=1S/C19H27N3O4/c1-19(2,3)26-18(24)21-10-12-7-8-22(16(12)11-21)13-5-6-15(20)14(9-13)17(23)25-4/h5-6,9,12,16H,7-8,10-11,20H2,1-4H3. The van der Waals surface area contributed by atoms with Crippen molar-refractivity contribution in [1.29, 1.82) is 0 Å². The van der Waals surface area contributed by atoms with Crippen molar-refractivity contribution in [3.05, 3.63) is 23.8 Å². The summed E-state index contributed by atoms with van der Waals surface area (Å²) in [6, 6.07) is 5.65. The molecule has 0 aliphatic carbocycles. The molecular formula is C19H27N3O4. The molecule has 2 N–H and O–H groups in total. The minimum absolute atomic E-state index is 0.219. The SMILES string of the molecule is COC(=O)c1cc(N2CCC3CN(C(=O)OC(C)(C)C)CC32)ccc1N. The van der Waals surface area contributed by atoms with Crippen LogP contribution in [-0.2, 0) is 9.47 Å². The molecule has 142 valence electrons. The zero-order chi connectivity index (χ0) is 19.1. The lowest BCUT2D eigenvalue weighted by molar-refractivity contribution is 0.0284. The van der Waals surface area contributed by atoms with Gasteiger partial charge < -0.3 is 25.0 Å². The minimum Gasteiger partial charge on any atom is -0.465 e. The Balaban J connectivity index is 1.76. The van der Waals surface area contributed by atoms with Crippen LogP contribution < -0.4 is 10.6 Å². The Morgan fingerprint density at radius 3 is 2.62 bits per heavy atom. The number of nitrogen functional groups attached to an aromatic ring is 1.